The minimum Gasteiger partial charge on any atom is -0.504 e. The number of aromatic hydroxyl groups is 2. The molecule has 0 atom stereocenters. The second-order valence-electron chi connectivity index (χ2n) is 4.49. The predicted molar refractivity (Wildman–Crippen MR) is 77.8 cm³/mol. The molecule has 106 valence electrons. The topological polar surface area (TPSA) is 79.9 Å². The smallest absolute Gasteiger partial charge is 0.197 e. The summed E-state index contributed by atoms with van der Waals surface area (Å²) in [6.45, 7) is 0. The van der Waals surface area contributed by atoms with Crippen molar-refractivity contribution in [2.75, 3.05) is 7.11 Å². The van der Waals surface area contributed by atoms with Gasteiger partial charge in [-0.1, -0.05) is 30.3 Å². The van der Waals surface area contributed by atoms with Crippen LogP contribution in [0.5, 0.6) is 17.2 Å². The van der Waals surface area contributed by atoms with Gasteiger partial charge in [0, 0.05) is 17.7 Å². The molecule has 3 rings (SSSR count). The highest BCUT2D eigenvalue weighted by molar-refractivity contribution is 5.91. The van der Waals surface area contributed by atoms with Crippen LogP contribution in [0.1, 0.15) is 0 Å². The first-order chi connectivity index (χ1) is 10.1. The van der Waals surface area contributed by atoms with Crippen molar-refractivity contribution in [2.45, 2.75) is 0 Å². The van der Waals surface area contributed by atoms with Gasteiger partial charge < -0.3 is 19.4 Å². The summed E-state index contributed by atoms with van der Waals surface area (Å²) in [4.78, 5) is 12.2. The molecule has 3 aromatic rings. The highest BCUT2D eigenvalue weighted by atomic mass is 16.5. The molecule has 5 nitrogen and oxygen atoms in total. The Morgan fingerprint density at radius 3 is 2.48 bits per heavy atom. The minimum absolute atomic E-state index is 0.0964. The van der Waals surface area contributed by atoms with E-state index in [2.05, 4.69) is 0 Å². The first kappa shape index (κ1) is 13.1. The van der Waals surface area contributed by atoms with E-state index in [9.17, 15) is 15.0 Å². The number of methoxy groups -OCH3 is 1. The van der Waals surface area contributed by atoms with E-state index in [1.54, 1.807) is 12.1 Å². The fourth-order valence-electron chi connectivity index (χ4n) is 2.17. The summed E-state index contributed by atoms with van der Waals surface area (Å²) in [6, 6.07) is 11.6. The number of benzene rings is 2. The van der Waals surface area contributed by atoms with E-state index in [1.807, 2.05) is 18.2 Å². The molecule has 0 fully saturated rings. The van der Waals surface area contributed by atoms with Gasteiger partial charge in [0.1, 0.15) is 11.1 Å². The van der Waals surface area contributed by atoms with Crippen molar-refractivity contribution in [3.63, 3.8) is 0 Å². The zero-order chi connectivity index (χ0) is 15.0. The lowest BCUT2D eigenvalue weighted by Crippen LogP contribution is -2.02. The molecule has 0 saturated carbocycles. The maximum Gasteiger partial charge on any atom is 0.197 e. The number of fused-ring (bicyclic) bond motifs is 1. The monoisotopic (exact) mass is 284 g/mol. The Kier molecular flexibility index (Phi) is 3.02. The van der Waals surface area contributed by atoms with Crippen LogP contribution in [-0.2, 0) is 0 Å². The predicted octanol–water partition coefficient (Wildman–Crippen LogP) is 2.88. The largest absolute Gasteiger partial charge is 0.504 e. The number of hydrogen-bond donors (Lipinski definition) is 2. The summed E-state index contributed by atoms with van der Waals surface area (Å²) < 4.78 is 10.8. The fraction of sp³-hybridized carbons (Fsp3) is 0.0625. The fourth-order valence-corrected chi connectivity index (χ4v) is 2.17. The summed E-state index contributed by atoms with van der Waals surface area (Å²) in [7, 11) is 1.39. The minimum atomic E-state index is -0.515. The van der Waals surface area contributed by atoms with Gasteiger partial charge in [-0.3, -0.25) is 4.79 Å². The van der Waals surface area contributed by atoms with Crippen LogP contribution in [0, 0.1) is 0 Å². The normalized spacial score (nSPS) is 10.7. The third-order valence-electron chi connectivity index (χ3n) is 3.20. The van der Waals surface area contributed by atoms with Crippen LogP contribution in [0.15, 0.2) is 51.7 Å². The third kappa shape index (κ3) is 2.08. The molecule has 0 radical (unpaired) electrons. The maximum absolute atomic E-state index is 12.2. The van der Waals surface area contributed by atoms with Crippen LogP contribution in [0.2, 0.25) is 0 Å². The number of ether oxygens (including phenoxy) is 1. The third-order valence-corrected chi connectivity index (χ3v) is 3.20. The average Bonchev–Trinajstić information content (AvgIpc) is 2.51. The van der Waals surface area contributed by atoms with E-state index in [-0.39, 0.29) is 16.7 Å². The van der Waals surface area contributed by atoms with Gasteiger partial charge in [0.05, 0.1) is 7.11 Å². The first-order valence-corrected chi connectivity index (χ1v) is 6.24. The van der Waals surface area contributed by atoms with Crippen molar-refractivity contribution < 1.29 is 19.4 Å². The van der Waals surface area contributed by atoms with Gasteiger partial charge in [-0.25, -0.2) is 0 Å². The summed E-state index contributed by atoms with van der Waals surface area (Å²) in [5, 5.41) is 19.4. The van der Waals surface area contributed by atoms with E-state index in [4.69, 9.17) is 9.15 Å². The summed E-state index contributed by atoms with van der Waals surface area (Å²) in [5.74, 6) is -0.412. The molecule has 5 heteroatoms. The molecule has 2 N–H and O–H groups in total. The molecule has 2 aromatic carbocycles. The van der Waals surface area contributed by atoms with Gasteiger partial charge in [0.2, 0.25) is 0 Å². The van der Waals surface area contributed by atoms with E-state index in [0.29, 0.717) is 5.76 Å². The van der Waals surface area contributed by atoms with Gasteiger partial charge in [-0.15, -0.1) is 0 Å². The van der Waals surface area contributed by atoms with Crippen molar-refractivity contribution in [3.8, 4) is 28.6 Å². The Morgan fingerprint density at radius 1 is 1.10 bits per heavy atom. The van der Waals surface area contributed by atoms with Gasteiger partial charge in [-0.2, -0.15) is 0 Å². The molecular weight excluding hydrogens is 272 g/mol. The Bertz CT molecular complexity index is 865. The van der Waals surface area contributed by atoms with Crippen molar-refractivity contribution in [3.05, 3.63) is 52.7 Å². The van der Waals surface area contributed by atoms with Crippen LogP contribution in [0.25, 0.3) is 22.3 Å². The Hall–Kier alpha value is -2.95. The summed E-state index contributed by atoms with van der Waals surface area (Å²) >= 11 is 0. The van der Waals surface area contributed by atoms with E-state index >= 15 is 0 Å². The van der Waals surface area contributed by atoms with Crippen molar-refractivity contribution in [1.82, 2.24) is 0 Å². The lowest BCUT2D eigenvalue weighted by molar-refractivity contribution is 0.386. The average molecular weight is 284 g/mol. The molecular formula is C16H12O5. The molecule has 0 bridgehead atoms. The van der Waals surface area contributed by atoms with Crippen molar-refractivity contribution in [1.29, 1.82) is 0 Å². The Labute approximate surface area is 119 Å². The maximum atomic E-state index is 12.2. The summed E-state index contributed by atoms with van der Waals surface area (Å²) in [5.41, 5.74) is 0.368. The van der Waals surface area contributed by atoms with E-state index < -0.39 is 16.9 Å². The molecule has 0 saturated heterocycles. The van der Waals surface area contributed by atoms with Crippen LogP contribution < -0.4 is 10.2 Å². The molecule has 0 unspecified atom stereocenters. The van der Waals surface area contributed by atoms with Gasteiger partial charge in [0.25, 0.3) is 0 Å². The number of phenolic OH excluding ortho intramolecular Hbond substituents is 2. The number of rotatable bonds is 2. The highest BCUT2D eigenvalue weighted by Gasteiger charge is 2.18. The first-order valence-electron chi connectivity index (χ1n) is 6.24. The molecule has 21 heavy (non-hydrogen) atoms. The molecule has 1 aromatic heterocycles. The van der Waals surface area contributed by atoms with Crippen LogP contribution >= 0.6 is 0 Å². The zero-order valence-electron chi connectivity index (χ0n) is 11.2. The van der Waals surface area contributed by atoms with Gasteiger partial charge in [0.15, 0.2) is 28.3 Å². The standard InChI is InChI=1S/C16H12O5/c1-20-13-8-11(18)15(19)14-10(17)7-12(21-16(13)14)9-5-3-2-4-6-9/h2-8,18-19H,1H3. The Morgan fingerprint density at radius 2 is 1.81 bits per heavy atom. The lowest BCUT2D eigenvalue weighted by Gasteiger charge is -2.09. The van der Waals surface area contributed by atoms with Crippen LogP contribution in [0.3, 0.4) is 0 Å². The highest BCUT2D eigenvalue weighted by Crippen LogP contribution is 2.39. The molecule has 0 amide bonds. The van der Waals surface area contributed by atoms with Gasteiger partial charge in [-0.05, 0) is 0 Å². The molecule has 1 heterocycles. The van der Waals surface area contributed by atoms with Crippen LogP contribution in [0.4, 0.5) is 0 Å². The molecule has 0 aliphatic carbocycles. The van der Waals surface area contributed by atoms with Crippen LogP contribution in [-0.4, -0.2) is 17.3 Å². The molecule has 0 spiro atoms. The molecule has 0 aliphatic rings. The lowest BCUT2D eigenvalue weighted by atomic mass is 10.1. The van der Waals surface area contributed by atoms with E-state index in [1.165, 1.54) is 19.2 Å². The number of phenols is 2. The SMILES string of the molecule is COc1cc(O)c(O)c2c(=O)cc(-c3ccccc3)oc12. The summed E-state index contributed by atoms with van der Waals surface area (Å²) in [6.07, 6.45) is 0. The van der Waals surface area contributed by atoms with Gasteiger partial charge >= 0.3 is 0 Å². The Balaban J connectivity index is 2.39. The zero-order valence-corrected chi connectivity index (χ0v) is 11.2. The number of hydrogen-bond acceptors (Lipinski definition) is 5. The van der Waals surface area contributed by atoms with Crippen molar-refractivity contribution in [2.24, 2.45) is 0 Å². The quantitative estimate of drug-likeness (QED) is 0.707. The second-order valence-corrected chi connectivity index (χ2v) is 4.49. The second kappa shape index (κ2) is 4.86. The van der Waals surface area contributed by atoms with E-state index in [0.717, 1.165) is 5.56 Å². The molecule has 0 aliphatic heterocycles. The van der Waals surface area contributed by atoms with Crippen molar-refractivity contribution >= 4 is 11.0 Å².